The fraction of sp³-hybridized carbons (Fsp3) is 0.700. The summed E-state index contributed by atoms with van der Waals surface area (Å²) in [7, 11) is -4.94. The van der Waals surface area contributed by atoms with E-state index in [2.05, 4.69) is 27.7 Å². The van der Waals surface area contributed by atoms with Crippen LogP contribution in [0.5, 0.6) is 5.75 Å². The molecule has 1 aromatic carbocycles. The zero-order valence-corrected chi connectivity index (χ0v) is 19.2. The van der Waals surface area contributed by atoms with Crippen LogP contribution in [0.15, 0.2) is 29.2 Å². The summed E-state index contributed by atoms with van der Waals surface area (Å²) in [6, 6.07) is 5.25. The van der Waals surface area contributed by atoms with Crippen LogP contribution in [-0.2, 0) is 10.1 Å². The molecule has 1 aromatic rings. The van der Waals surface area contributed by atoms with Gasteiger partial charge in [-0.25, -0.2) is 0 Å². The van der Waals surface area contributed by atoms with Crippen molar-refractivity contribution in [2.75, 3.05) is 37.9 Å². The zero-order valence-electron chi connectivity index (χ0n) is 17.4. The molecule has 2 N–H and O–H groups in total. The summed E-state index contributed by atoms with van der Waals surface area (Å²) in [5.74, 6) is 0.437. The summed E-state index contributed by atoms with van der Waals surface area (Å²) < 4.78 is 34.9. The maximum atomic E-state index is 10.6. The Morgan fingerprint density at radius 3 is 1.56 bits per heavy atom. The van der Waals surface area contributed by atoms with Crippen LogP contribution < -0.4 is 4.74 Å². The second-order valence-electron chi connectivity index (χ2n) is 7.02. The molecule has 7 heteroatoms. The van der Waals surface area contributed by atoms with E-state index in [1.807, 2.05) is 0 Å². The van der Waals surface area contributed by atoms with Crippen molar-refractivity contribution in [1.29, 1.82) is 0 Å². The van der Waals surface area contributed by atoms with Gasteiger partial charge in [0, 0.05) is 0 Å². The molecule has 27 heavy (non-hydrogen) atoms. The summed E-state index contributed by atoms with van der Waals surface area (Å²) in [6.07, 6.45) is 12.0. The van der Waals surface area contributed by atoms with Crippen LogP contribution in [0, 0.1) is 0 Å². The average Bonchev–Trinajstić information content (AvgIpc) is 2.61. The van der Waals surface area contributed by atoms with Crippen LogP contribution in [-0.4, -0.2) is 55.9 Å². The van der Waals surface area contributed by atoms with Crippen molar-refractivity contribution in [2.24, 2.45) is 0 Å². The first-order valence-electron chi connectivity index (χ1n) is 10.1. The molecule has 0 aromatic heterocycles. The molecule has 160 valence electrons. The normalized spacial score (nSPS) is 12.2. The van der Waals surface area contributed by atoms with Crippen molar-refractivity contribution in [1.82, 2.24) is 0 Å². The van der Waals surface area contributed by atoms with E-state index in [1.165, 1.54) is 49.9 Å². The van der Waals surface area contributed by atoms with Crippen LogP contribution in [0.3, 0.4) is 0 Å². The quantitative estimate of drug-likeness (QED) is 0.377. The van der Waals surface area contributed by atoms with Crippen molar-refractivity contribution >= 4 is 17.4 Å². The van der Waals surface area contributed by atoms with Crippen molar-refractivity contribution < 1.29 is 22.8 Å². The first-order chi connectivity index (χ1) is 12.8. The van der Waals surface area contributed by atoms with Crippen molar-refractivity contribution in [3.63, 3.8) is 0 Å². The summed E-state index contributed by atoms with van der Waals surface area (Å²) in [6.45, 7) is 9.49. The number of rotatable bonds is 12. The Balaban J connectivity index is 0.000000503. The van der Waals surface area contributed by atoms with Crippen molar-refractivity contribution in [3.8, 4) is 5.75 Å². The van der Waals surface area contributed by atoms with Gasteiger partial charge in [-0.2, -0.15) is 8.42 Å². The van der Waals surface area contributed by atoms with Gasteiger partial charge in [0.1, 0.15) is 12.4 Å². The van der Waals surface area contributed by atoms with Crippen molar-refractivity contribution in [2.45, 2.75) is 58.3 Å². The van der Waals surface area contributed by atoms with E-state index >= 15 is 0 Å². The zero-order chi connectivity index (χ0) is 20.8. The predicted octanol–water partition coefficient (Wildman–Crippen LogP) is 4.68. The molecule has 0 saturated heterocycles. The molecule has 0 bridgehead atoms. The van der Waals surface area contributed by atoms with Gasteiger partial charge >= 0.3 is 85.3 Å². The first kappa shape index (κ1) is 26.3. The number of hydrogen-bond donors (Lipinski definition) is 2. The minimum Gasteiger partial charge on any atom is -0.491 e. The minimum absolute atomic E-state index is 0.111. The van der Waals surface area contributed by atoms with Crippen LogP contribution in [0.1, 0.15) is 53.4 Å². The number of hydrogen-bond acceptors (Lipinski definition) is 4. The van der Waals surface area contributed by atoms with E-state index in [0.29, 0.717) is 5.75 Å². The van der Waals surface area contributed by atoms with Gasteiger partial charge in [-0.3, -0.25) is 4.55 Å². The molecular weight excluding hydrogens is 383 g/mol. The first-order valence-corrected chi connectivity index (χ1v) is 14.4. The molecule has 5 nitrogen and oxygen atoms in total. The molecule has 0 atom stereocenters. The van der Waals surface area contributed by atoms with Crippen LogP contribution in [0.4, 0.5) is 0 Å². The number of aliphatic hydroxyl groups excluding tert-OH is 1. The molecule has 0 radical (unpaired) electrons. The average molecular weight is 423 g/mol. The fourth-order valence-electron chi connectivity index (χ4n) is 3.74. The second-order valence-corrected chi connectivity index (χ2v) is 13.4. The van der Waals surface area contributed by atoms with Crippen LogP contribution in [0.2, 0.25) is 0 Å². The van der Waals surface area contributed by atoms with E-state index in [4.69, 9.17) is 14.4 Å². The Morgan fingerprint density at radius 1 is 0.852 bits per heavy atom. The molecule has 0 aliphatic carbocycles. The summed E-state index contributed by atoms with van der Waals surface area (Å²) >= 11 is 0. The number of benzene rings is 1. The fourth-order valence-corrected chi connectivity index (χ4v) is 9.97. The van der Waals surface area contributed by atoms with Crippen LogP contribution in [0.25, 0.3) is 0 Å². The summed E-state index contributed by atoms with van der Waals surface area (Å²) in [4.78, 5) is -0.186. The molecule has 0 unspecified atom stereocenters. The molecule has 0 aliphatic heterocycles. The molecule has 0 amide bonds. The van der Waals surface area contributed by atoms with Gasteiger partial charge in [0.15, 0.2) is 0 Å². The Bertz CT molecular complexity index is 557. The third-order valence-electron chi connectivity index (χ3n) is 4.60. The molecule has 0 aliphatic rings. The van der Waals surface area contributed by atoms with Gasteiger partial charge in [-0.05, 0) is 24.3 Å². The van der Waals surface area contributed by atoms with Gasteiger partial charge in [0.25, 0.3) is 10.1 Å². The van der Waals surface area contributed by atoms with Gasteiger partial charge < -0.3 is 9.84 Å². The predicted molar refractivity (Wildman–Crippen MR) is 118 cm³/mol. The summed E-state index contributed by atoms with van der Waals surface area (Å²) in [5, 5.41) is 8.45. The molecule has 0 spiro atoms. The molecule has 1 rings (SSSR count). The summed E-state index contributed by atoms with van der Waals surface area (Å²) in [5.41, 5.74) is 0. The number of aliphatic hydroxyl groups is 1. The standard InChI is InChI=1S/C12H29P.C8H10O5S/c1-5-9-13(10-6-2,11-7-3)12-8-4;9-5-6-13-7-1-3-8(4-2-7)14(10,11)12/h13H,5-12H2,1-4H3;1-4,9H,5-6H2,(H,10,11,12). The Morgan fingerprint density at radius 2 is 1.26 bits per heavy atom. The molecular formula is C20H39O5PS. The Hall–Kier alpha value is -0.680. The van der Waals surface area contributed by atoms with Gasteiger partial charge in [0.2, 0.25) is 0 Å². The third-order valence-corrected chi connectivity index (χ3v) is 11.7. The largest absolute Gasteiger partial charge is 0.491 e. The Kier molecular flexibility index (Phi) is 14.0. The van der Waals surface area contributed by atoms with Gasteiger partial charge in [0.05, 0.1) is 11.5 Å². The van der Waals surface area contributed by atoms with E-state index < -0.39 is 17.4 Å². The van der Waals surface area contributed by atoms with Crippen molar-refractivity contribution in [3.05, 3.63) is 24.3 Å². The third kappa shape index (κ3) is 11.0. The number of ether oxygens (including phenoxy) is 1. The van der Waals surface area contributed by atoms with Gasteiger partial charge in [-0.15, -0.1) is 0 Å². The van der Waals surface area contributed by atoms with E-state index in [-0.39, 0.29) is 18.1 Å². The molecule has 0 heterocycles. The molecule has 0 saturated carbocycles. The smallest absolute Gasteiger partial charge is 0.294 e. The second kappa shape index (κ2) is 14.3. The van der Waals surface area contributed by atoms with E-state index in [0.717, 1.165) is 0 Å². The maximum absolute atomic E-state index is 10.6. The minimum atomic E-state index is -4.15. The molecule has 0 fully saturated rings. The van der Waals surface area contributed by atoms with E-state index in [1.54, 1.807) is 24.6 Å². The maximum Gasteiger partial charge on any atom is 0.294 e. The SMILES string of the molecule is CCC[PH](CCC)(CCC)CCC.O=S(=O)(O)c1ccc(OCCO)cc1. The van der Waals surface area contributed by atoms with Crippen LogP contribution >= 0.6 is 7.26 Å². The van der Waals surface area contributed by atoms with E-state index in [9.17, 15) is 8.42 Å². The van der Waals surface area contributed by atoms with Gasteiger partial charge in [-0.1, -0.05) is 0 Å². The monoisotopic (exact) mass is 422 g/mol. The topological polar surface area (TPSA) is 83.8 Å². The Labute approximate surface area is 166 Å².